The van der Waals surface area contributed by atoms with Gasteiger partial charge in [-0.3, -0.25) is 4.79 Å². The van der Waals surface area contributed by atoms with E-state index in [1.807, 2.05) is 0 Å². The number of nitrogens with zero attached hydrogens (tertiary/aromatic N) is 1. The highest BCUT2D eigenvalue weighted by Crippen LogP contribution is 2.13. The SMILES string of the molecule is CN(C)C(=O)CCCNc1ccc(S(C)(=O)=O)cc1. The molecule has 0 bridgehead atoms. The van der Waals surface area contributed by atoms with Crippen molar-refractivity contribution in [1.29, 1.82) is 0 Å². The molecule has 0 saturated heterocycles. The lowest BCUT2D eigenvalue weighted by atomic mass is 10.2. The Balaban J connectivity index is 2.41. The van der Waals surface area contributed by atoms with Gasteiger partial charge in [0.2, 0.25) is 5.91 Å². The third kappa shape index (κ3) is 5.30. The van der Waals surface area contributed by atoms with Crippen molar-refractivity contribution < 1.29 is 13.2 Å². The molecule has 0 fully saturated rings. The molecule has 106 valence electrons. The zero-order valence-corrected chi connectivity index (χ0v) is 12.3. The maximum atomic E-state index is 11.3. The zero-order chi connectivity index (χ0) is 14.5. The number of hydrogen-bond acceptors (Lipinski definition) is 4. The van der Waals surface area contributed by atoms with Crippen LogP contribution in [0.25, 0.3) is 0 Å². The standard InChI is InChI=1S/C13H20N2O3S/c1-15(2)13(16)5-4-10-14-11-6-8-12(9-7-11)19(3,17)18/h6-9,14H,4-5,10H2,1-3H3. The summed E-state index contributed by atoms with van der Waals surface area (Å²) in [5, 5.41) is 3.15. The lowest BCUT2D eigenvalue weighted by Crippen LogP contribution is -2.22. The molecule has 0 aliphatic heterocycles. The highest BCUT2D eigenvalue weighted by Gasteiger charge is 2.06. The van der Waals surface area contributed by atoms with Gasteiger partial charge in [0.25, 0.3) is 0 Å². The molecule has 0 saturated carbocycles. The lowest BCUT2D eigenvalue weighted by Gasteiger charge is -2.10. The van der Waals surface area contributed by atoms with Crippen LogP contribution in [0, 0.1) is 0 Å². The van der Waals surface area contributed by atoms with E-state index in [1.54, 1.807) is 43.3 Å². The molecule has 0 radical (unpaired) electrons. The Morgan fingerprint density at radius 2 is 1.79 bits per heavy atom. The zero-order valence-electron chi connectivity index (χ0n) is 11.5. The van der Waals surface area contributed by atoms with E-state index >= 15 is 0 Å². The van der Waals surface area contributed by atoms with Gasteiger partial charge in [0.1, 0.15) is 0 Å². The molecule has 0 unspecified atom stereocenters. The van der Waals surface area contributed by atoms with Crippen molar-refractivity contribution in [1.82, 2.24) is 4.90 Å². The first kappa shape index (κ1) is 15.5. The molecule has 0 aromatic heterocycles. The number of nitrogens with one attached hydrogen (secondary N) is 1. The maximum Gasteiger partial charge on any atom is 0.222 e. The highest BCUT2D eigenvalue weighted by molar-refractivity contribution is 7.90. The van der Waals surface area contributed by atoms with Crippen LogP contribution in [0.2, 0.25) is 0 Å². The first-order chi connectivity index (χ1) is 8.80. The van der Waals surface area contributed by atoms with Crippen molar-refractivity contribution in [2.75, 3.05) is 32.2 Å². The lowest BCUT2D eigenvalue weighted by molar-refractivity contribution is -0.128. The summed E-state index contributed by atoms with van der Waals surface area (Å²) in [5.41, 5.74) is 0.852. The monoisotopic (exact) mass is 284 g/mol. The van der Waals surface area contributed by atoms with Crippen LogP contribution < -0.4 is 5.32 Å². The number of amides is 1. The third-order valence-electron chi connectivity index (χ3n) is 2.68. The fourth-order valence-corrected chi connectivity index (χ4v) is 2.15. The van der Waals surface area contributed by atoms with Crippen LogP contribution in [0.1, 0.15) is 12.8 Å². The summed E-state index contributed by atoms with van der Waals surface area (Å²) in [6, 6.07) is 6.60. The molecule has 1 aromatic carbocycles. The predicted octanol–water partition coefficient (Wildman–Crippen LogP) is 1.37. The summed E-state index contributed by atoms with van der Waals surface area (Å²) >= 11 is 0. The second kappa shape index (κ2) is 6.56. The Bertz CT molecular complexity index is 521. The average Bonchev–Trinajstić information content (AvgIpc) is 2.33. The van der Waals surface area contributed by atoms with Crippen LogP contribution in [0.15, 0.2) is 29.2 Å². The van der Waals surface area contributed by atoms with Gasteiger partial charge >= 0.3 is 0 Å². The Morgan fingerprint density at radius 3 is 2.26 bits per heavy atom. The Hall–Kier alpha value is -1.56. The van der Waals surface area contributed by atoms with Gasteiger partial charge in [-0.2, -0.15) is 0 Å². The molecule has 0 aliphatic carbocycles. The van der Waals surface area contributed by atoms with E-state index in [-0.39, 0.29) is 5.91 Å². The summed E-state index contributed by atoms with van der Waals surface area (Å²) in [4.78, 5) is 13.2. The predicted molar refractivity (Wildman–Crippen MR) is 76.0 cm³/mol. The highest BCUT2D eigenvalue weighted by atomic mass is 32.2. The maximum absolute atomic E-state index is 11.3. The van der Waals surface area contributed by atoms with E-state index in [9.17, 15) is 13.2 Å². The summed E-state index contributed by atoms with van der Waals surface area (Å²) in [5.74, 6) is 0.106. The molecular formula is C13H20N2O3S. The van der Waals surface area contributed by atoms with Crippen LogP contribution in [0.4, 0.5) is 5.69 Å². The van der Waals surface area contributed by atoms with Gasteiger partial charge in [0, 0.05) is 39.0 Å². The quantitative estimate of drug-likeness (QED) is 0.801. The molecule has 0 aliphatic rings. The van der Waals surface area contributed by atoms with Gasteiger partial charge in [-0.05, 0) is 30.7 Å². The van der Waals surface area contributed by atoms with E-state index in [1.165, 1.54) is 6.26 Å². The van der Waals surface area contributed by atoms with Gasteiger partial charge in [-0.1, -0.05) is 0 Å². The van der Waals surface area contributed by atoms with Crippen LogP contribution in [0.5, 0.6) is 0 Å². The van der Waals surface area contributed by atoms with Gasteiger partial charge in [0.05, 0.1) is 4.90 Å². The number of rotatable bonds is 6. The Kier molecular flexibility index (Phi) is 5.35. The van der Waals surface area contributed by atoms with Crippen LogP contribution >= 0.6 is 0 Å². The van der Waals surface area contributed by atoms with E-state index in [0.717, 1.165) is 12.1 Å². The summed E-state index contributed by atoms with van der Waals surface area (Å²) in [6.07, 6.45) is 2.43. The van der Waals surface area contributed by atoms with Crippen molar-refractivity contribution in [2.24, 2.45) is 0 Å². The van der Waals surface area contributed by atoms with E-state index in [2.05, 4.69) is 5.32 Å². The number of carbonyl (C=O) groups is 1. The summed E-state index contributed by atoms with van der Waals surface area (Å²) < 4.78 is 22.6. The molecule has 0 atom stereocenters. The molecule has 6 heteroatoms. The molecule has 0 spiro atoms. The van der Waals surface area contributed by atoms with Gasteiger partial charge in [-0.15, -0.1) is 0 Å². The van der Waals surface area contributed by atoms with E-state index in [4.69, 9.17) is 0 Å². The minimum Gasteiger partial charge on any atom is -0.385 e. The number of carbonyl (C=O) groups excluding carboxylic acids is 1. The molecule has 5 nitrogen and oxygen atoms in total. The molecular weight excluding hydrogens is 264 g/mol. The van der Waals surface area contributed by atoms with Crippen LogP contribution in [-0.2, 0) is 14.6 Å². The molecule has 1 rings (SSSR count). The van der Waals surface area contributed by atoms with Crippen molar-refractivity contribution >= 4 is 21.4 Å². The number of benzene rings is 1. The number of anilines is 1. The average molecular weight is 284 g/mol. The molecule has 19 heavy (non-hydrogen) atoms. The largest absolute Gasteiger partial charge is 0.385 e. The molecule has 1 amide bonds. The van der Waals surface area contributed by atoms with Crippen LogP contribution in [0.3, 0.4) is 0 Å². The normalized spacial score (nSPS) is 11.1. The number of hydrogen-bond donors (Lipinski definition) is 1. The fraction of sp³-hybridized carbons (Fsp3) is 0.462. The third-order valence-corrected chi connectivity index (χ3v) is 3.81. The van der Waals surface area contributed by atoms with Gasteiger partial charge in [-0.25, -0.2) is 8.42 Å². The Morgan fingerprint density at radius 1 is 1.21 bits per heavy atom. The second-order valence-corrected chi connectivity index (χ2v) is 6.63. The first-order valence-corrected chi connectivity index (χ1v) is 7.94. The summed E-state index contributed by atoms with van der Waals surface area (Å²) in [6.45, 7) is 0.678. The molecule has 0 heterocycles. The minimum atomic E-state index is -3.14. The van der Waals surface area contributed by atoms with E-state index < -0.39 is 9.84 Å². The van der Waals surface area contributed by atoms with Crippen molar-refractivity contribution in [3.05, 3.63) is 24.3 Å². The molecule has 1 N–H and O–H groups in total. The topological polar surface area (TPSA) is 66.5 Å². The first-order valence-electron chi connectivity index (χ1n) is 6.05. The van der Waals surface area contributed by atoms with Crippen molar-refractivity contribution in [3.63, 3.8) is 0 Å². The smallest absolute Gasteiger partial charge is 0.222 e. The second-order valence-electron chi connectivity index (χ2n) is 4.62. The van der Waals surface area contributed by atoms with E-state index in [0.29, 0.717) is 17.9 Å². The van der Waals surface area contributed by atoms with Crippen molar-refractivity contribution in [2.45, 2.75) is 17.7 Å². The fourth-order valence-electron chi connectivity index (χ4n) is 1.52. The number of sulfone groups is 1. The van der Waals surface area contributed by atoms with Crippen LogP contribution in [-0.4, -0.2) is 46.1 Å². The molecule has 1 aromatic rings. The van der Waals surface area contributed by atoms with Crippen molar-refractivity contribution in [3.8, 4) is 0 Å². The van der Waals surface area contributed by atoms with Gasteiger partial charge in [0.15, 0.2) is 9.84 Å². The summed E-state index contributed by atoms with van der Waals surface area (Å²) in [7, 11) is 0.328. The minimum absolute atomic E-state index is 0.106. The van der Waals surface area contributed by atoms with Gasteiger partial charge < -0.3 is 10.2 Å². The Labute approximate surface area is 114 Å².